The smallest absolute Gasteiger partial charge is 0.253 e. The Kier molecular flexibility index (Phi) is 3.63. The van der Waals surface area contributed by atoms with E-state index < -0.39 is 5.24 Å². The second-order valence-electron chi connectivity index (χ2n) is 4.13. The number of carbonyl (C=O) groups excluding carboxylic acids is 1. The van der Waals surface area contributed by atoms with Gasteiger partial charge in [-0.15, -0.1) is 0 Å². The lowest BCUT2D eigenvalue weighted by Gasteiger charge is -2.21. The van der Waals surface area contributed by atoms with Gasteiger partial charge >= 0.3 is 0 Å². The molecule has 1 rings (SSSR count). The van der Waals surface area contributed by atoms with Crippen molar-refractivity contribution >= 4 is 28.4 Å². The molecule has 1 aromatic rings. The summed E-state index contributed by atoms with van der Waals surface area (Å²) < 4.78 is 5.58. The summed E-state index contributed by atoms with van der Waals surface area (Å²) in [6.45, 7) is 5.80. The van der Waals surface area contributed by atoms with E-state index in [-0.39, 0.29) is 5.60 Å². The van der Waals surface area contributed by atoms with Crippen molar-refractivity contribution in [1.29, 1.82) is 0 Å². The number of halogens is 2. The van der Waals surface area contributed by atoms with Gasteiger partial charge in [0.2, 0.25) is 0 Å². The second kappa shape index (κ2) is 4.42. The first-order chi connectivity index (χ1) is 6.79. The fraction of sp³-hybridized carbons (Fsp3) is 0.364. The van der Waals surface area contributed by atoms with Gasteiger partial charge in [0, 0.05) is 0 Å². The van der Waals surface area contributed by atoms with E-state index >= 15 is 0 Å². The van der Waals surface area contributed by atoms with Gasteiger partial charge in [-0.1, -0.05) is 11.6 Å². The summed E-state index contributed by atoms with van der Waals surface area (Å²) in [5.74, 6) is 0.620. The Bertz CT molecular complexity index is 381. The van der Waals surface area contributed by atoms with E-state index in [0.717, 1.165) is 0 Å². The standard InChI is InChI=1S/C11H12Cl2O2/c1-11(2,3)15-7-4-5-8(10(13)14)9(12)6-7/h4-6H,1-3H3. The number of ether oxygens (including phenoxy) is 1. The predicted molar refractivity (Wildman–Crippen MR) is 62.0 cm³/mol. The maximum atomic E-state index is 10.9. The van der Waals surface area contributed by atoms with Gasteiger partial charge in [0.15, 0.2) is 0 Å². The van der Waals surface area contributed by atoms with Crippen LogP contribution in [0.25, 0.3) is 0 Å². The second-order valence-corrected chi connectivity index (χ2v) is 4.88. The molecule has 0 heterocycles. The van der Waals surface area contributed by atoms with E-state index in [4.69, 9.17) is 27.9 Å². The van der Waals surface area contributed by atoms with Crippen LogP contribution < -0.4 is 4.74 Å². The average molecular weight is 247 g/mol. The van der Waals surface area contributed by atoms with E-state index in [1.807, 2.05) is 20.8 Å². The lowest BCUT2D eigenvalue weighted by atomic mass is 10.2. The van der Waals surface area contributed by atoms with E-state index in [1.165, 1.54) is 0 Å². The van der Waals surface area contributed by atoms with Crippen LogP contribution in [0, 0.1) is 0 Å². The maximum Gasteiger partial charge on any atom is 0.253 e. The van der Waals surface area contributed by atoms with E-state index in [2.05, 4.69) is 0 Å². The minimum Gasteiger partial charge on any atom is -0.488 e. The highest BCUT2D eigenvalue weighted by Gasteiger charge is 2.14. The van der Waals surface area contributed by atoms with Gasteiger partial charge in [-0.2, -0.15) is 0 Å². The predicted octanol–water partition coefficient (Wildman–Crippen LogP) is 3.90. The molecule has 0 aromatic heterocycles. The van der Waals surface area contributed by atoms with Gasteiger partial charge in [-0.3, -0.25) is 4.79 Å². The Labute approximate surface area is 99.1 Å². The fourth-order valence-corrected chi connectivity index (χ4v) is 1.54. The molecular formula is C11H12Cl2O2. The van der Waals surface area contributed by atoms with E-state index in [0.29, 0.717) is 16.3 Å². The third-order valence-electron chi connectivity index (χ3n) is 1.58. The molecule has 0 atom stereocenters. The molecule has 0 saturated carbocycles. The molecular weight excluding hydrogens is 235 g/mol. The van der Waals surface area contributed by atoms with Crippen molar-refractivity contribution in [2.24, 2.45) is 0 Å². The Morgan fingerprint density at radius 1 is 1.33 bits per heavy atom. The summed E-state index contributed by atoms with van der Waals surface area (Å²) in [7, 11) is 0. The van der Waals surface area contributed by atoms with Gasteiger partial charge in [0.05, 0.1) is 10.6 Å². The van der Waals surface area contributed by atoms with Crippen LogP contribution in [0.2, 0.25) is 5.02 Å². The lowest BCUT2D eigenvalue weighted by molar-refractivity contribution is 0.108. The van der Waals surface area contributed by atoms with Crippen LogP contribution in [-0.2, 0) is 0 Å². The van der Waals surface area contributed by atoms with Gasteiger partial charge < -0.3 is 4.74 Å². The molecule has 0 aliphatic carbocycles. The van der Waals surface area contributed by atoms with Crippen LogP contribution in [-0.4, -0.2) is 10.8 Å². The molecule has 0 bridgehead atoms. The van der Waals surface area contributed by atoms with Crippen molar-refractivity contribution in [3.8, 4) is 5.75 Å². The van der Waals surface area contributed by atoms with Crippen LogP contribution in [0.4, 0.5) is 0 Å². The van der Waals surface area contributed by atoms with Crippen molar-refractivity contribution in [1.82, 2.24) is 0 Å². The Balaban J connectivity index is 2.97. The highest BCUT2D eigenvalue weighted by molar-refractivity contribution is 6.68. The van der Waals surface area contributed by atoms with Crippen molar-refractivity contribution in [3.63, 3.8) is 0 Å². The van der Waals surface area contributed by atoms with Gasteiger partial charge in [-0.25, -0.2) is 0 Å². The minimum atomic E-state index is -0.567. The summed E-state index contributed by atoms with van der Waals surface area (Å²) >= 11 is 11.2. The monoisotopic (exact) mass is 246 g/mol. The zero-order valence-electron chi connectivity index (χ0n) is 8.80. The Hall–Kier alpha value is -0.730. The van der Waals surface area contributed by atoms with Gasteiger partial charge in [0.1, 0.15) is 11.4 Å². The highest BCUT2D eigenvalue weighted by atomic mass is 35.5. The van der Waals surface area contributed by atoms with Crippen LogP contribution in [0.5, 0.6) is 5.75 Å². The molecule has 15 heavy (non-hydrogen) atoms. The number of rotatable bonds is 2. The molecule has 82 valence electrons. The summed E-state index contributed by atoms with van der Waals surface area (Å²) in [6, 6.07) is 4.81. The van der Waals surface area contributed by atoms with E-state index in [9.17, 15) is 4.79 Å². The Morgan fingerprint density at radius 2 is 1.93 bits per heavy atom. The van der Waals surface area contributed by atoms with Gasteiger partial charge in [-0.05, 0) is 50.6 Å². The number of hydrogen-bond donors (Lipinski definition) is 0. The molecule has 1 aromatic carbocycles. The van der Waals surface area contributed by atoms with Crippen LogP contribution in [0.15, 0.2) is 18.2 Å². The zero-order valence-corrected chi connectivity index (χ0v) is 10.3. The molecule has 0 unspecified atom stereocenters. The summed E-state index contributed by atoms with van der Waals surface area (Å²) in [5.41, 5.74) is -0.00452. The first kappa shape index (κ1) is 12.3. The van der Waals surface area contributed by atoms with Crippen molar-refractivity contribution < 1.29 is 9.53 Å². The van der Waals surface area contributed by atoms with Crippen molar-refractivity contribution in [2.75, 3.05) is 0 Å². The molecule has 0 amide bonds. The SMILES string of the molecule is CC(C)(C)Oc1ccc(C(=O)Cl)c(Cl)c1. The van der Waals surface area contributed by atoms with Crippen LogP contribution in [0.1, 0.15) is 31.1 Å². The number of carbonyl (C=O) groups is 1. The molecule has 0 saturated heterocycles. The molecule has 2 nitrogen and oxygen atoms in total. The third-order valence-corrected chi connectivity index (χ3v) is 2.09. The van der Waals surface area contributed by atoms with Gasteiger partial charge in [0.25, 0.3) is 5.24 Å². The molecule has 0 aliphatic rings. The van der Waals surface area contributed by atoms with Crippen LogP contribution >= 0.6 is 23.2 Å². The molecule has 0 N–H and O–H groups in total. The summed E-state index contributed by atoms with van der Waals surface area (Å²) in [4.78, 5) is 10.9. The van der Waals surface area contributed by atoms with Crippen molar-refractivity contribution in [3.05, 3.63) is 28.8 Å². The normalized spacial score (nSPS) is 11.3. The zero-order chi connectivity index (χ0) is 11.6. The maximum absolute atomic E-state index is 10.9. The molecule has 0 fully saturated rings. The average Bonchev–Trinajstić information content (AvgIpc) is 1.99. The minimum absolute atomic E-state index is 0.291. The summed E-state index contributed by atoms with van der Waals surface area (Å²) in [6.07, 6.45) is 0. The Morgan fingerprint density at radius 3 is 2.33 bits per heavy atom. The molecule has 0 aliphatic heterocycles. The van der Waals surface area contributed by atoms with E-state index in [1.54, 1.807) is 18.2 Å². The molecule has 0 radical (unpaired) electrons. The first-order valence-electron chi connectivity index (χ1n) is 4.48. The first-order valence-corrected chi connectivity index (χ1v) is 5.23. The number of hydrogen-bond acceptors (Lipinski definition) is 2. The third kappa shape index (κ3) is 3.73. The van der Waals surface area contributed by atoms with Crippen molar-refractivity contribution in [2.45, 2.75) is 26.4 Å². The molecule has 0 spiro atoms. The van der Waals surface area contributed by atoms with Crippen LogP contribution in [0.3, 0.4) is 0 Å². The lowest BCUT2D eigenvalue weighted by Crippen LogP contribution is -2.22. The quantitative estimate of drug-likeness (QED) is 0.741. The largest absolute Gasteiger partial charge is 0.488 e. The topological polar surface area (TPSA) is 26.3 Å². The fourth-order valence-electron chi connectivity index (χ4n) is 1.07. The highest BCUT2D eigenvalue weighted by Crippen LogP contribution is 2.26. The summed E-state index contributed by atoms with van der Waals surface area (Å²) in [5, 5.41) is -0.265. The molecule has 4 heteroatoms. The number of benzene rings is 1.